The minimum atomic E-state index is 0.701. The zero-order valence-electron chi connectivity index (χ0n) is 7.02. The Bertz CT molecular complexity index is 237. The van der Waals surface area contributed by atoms with Crippen LogP contribution in [0.15, 0.2) is 24.3 Å². The van der Waals surface area contributed by atoms with Crippen molar-refractivity contribution in [3.05, 3.63) is 29.8 Å². The number of anilines is 1. The monoisotopic (exact) mass is 185 g/mol. The lowest BCUT2D eigenvalue weighted by atomic mass is 10.2. The third kappa shape index (κ3) is 2.41. The van der Waals surface area contributed by atoms with E-state index in [9.17, 15) is 5.21 Å². The van der Waals surface area contributed by atoms with Crippen molar-refractivity contribution in [2.24, 2.45) is 0 Å². The zero-order chi connectivity index (χ0) is 8.97. The molecule has 0 atom stereocenters. The van der Waals surface area contributed by atoms with Crippen LogP contribution in [0.2, 0.25) is 0 Å². The maximum atomic E-state index is 9.28. The van der Waals surface area contributed by atoms with E-state index in [0.29, 0.717) is 5.69 Å². The van der Waals surface area contributed by atoms with Crippen molar-refractivity contribution < 1.29 is 9.39 Å². The lowest BCUT2D eigenvalue weighted by molar-refractivity contribution is 0.317. The van der Waals surface area contributed by atoms with Crippen LogP contribution < -0.4 is 4.47 Å². The van der Waals surface area contributed by atoms with Gasteiger partial charge in [-0.3, -0.25) is 9.39 Å². The first-order valence-electron chi connectivity index (χ1n) is 3.50. The second-order valence-electron chi connectivity index (χ2n) is 2.35. The largest absolute Gasteiger partial charge is 0.298 e. The normalized spacial score (nSPS) is 9.92. The number of rotatable bonds is 3. The van der Waals surface area contributed by atoms with Gasteiger partial charge in [0.25, 0.3) is 0 Å². The number of hydrogen-bond donors (Lipinski definition) is 1. The molecule has 0 amide bonds. The van der Waals surface area contributed by atoms with E-state index in [0.717, 1.165) is 22.3 Å². The molecule has 0 unspecified atom stereocenters. The van der Waals surface area contributed by atoms with Crippen molar-refractivity contribution in [3.8, 4) is 0 Å². The Morgan fingerprint density at radius 3 is 2.42 bits per heavy atom. The van der Waals surface area contributed by atoms with Crippen molar-refractivity contribution in [2.75, 3.05) is 11.6 Å². The molecule has 0 aliphatic heterocycles. The van der Waals surface area contributed by atoms with Crippen LogP contribution in [0, 0.1) is 6.92 Å². The first-order chi connectivity index (χ1) is 5.74. The van der Waals surface area contributed by atoms with E-state index in [2.05, 4.69) is 4.18 Å². The molecule has 1 rings (SSSR count). The molecule has 3 nitrogen and oxygen atoms in total. The Morgan fingerprint density at radius 2 is 1.92 bits per heavy atom. The summed E-state index contributed by atoms with van der Waals surface area (Å²) >= 11 is 0.879. The quantitative estimate of drug-likeness (QED) is 0.445. The molecule has 0 aliphatic carbocycles. The van der Waals surface area contributed by atoms with Crippen molar-refractivity contribution in [3.63, 3.8) is 0 Å². The molecule has 0 saturated carbocycles. The molecule has 0 radical (unpaired) electrons. The van der Waals surface area contributed by atoms with Crippen molar-refractivity contribution in [1.82, 2.24) is 0 Å². The fourth-order valence-corrected chi connectivity index (χ4v) is 1.13. The summed E-state index contributed by atoms with van der Waals surface area (Å²) in [5.41, 5.74) is 1.86. The van der Waals surface area contributed by atoms with Crippen LogP contribution in [0.5, 0.6) is 0 Å². The van der Waals surface area contributed by atoms with E-state index in [1.807, 2.05) is 31.2 Å². The van der Waals surface area contributed by atoms with Crippen LogP contribution in [-0.2, 0) is 4.18 Å². The van der Waals surface area contributed by atoms with Crippen LogP contribution in [0.4, 0.5) is 5.69 Å². The number of benzene rings is 1. The first-order valence-corrected chi connectivity index (χ1v) is 4.20. The fourth-order valence-electron chi connectivity index (χ4n) is 0.786. The van der Waals surface area contributed by atoms with Crippen molar-refractivity contribution >= 4 is 17.9 Å². The summed E-state index contributed by atoms with van der Waals surface area (Å²) in [5, 5.41) is 9.28. The summed E-state index contributed by atoms with van der Waals surface area (Å²) in [6, 6.07) is 7.49. The van der Waals surface area contributed by atoms with E-state index >= 15 is 0 Å². The van der Waals surface area contributed by atoms with Gasteiger partial charge in [-0.25, -0.2) is 0 Å². The molecule has 12 heavy (non-hydrogen) atoms. The molecule has 0 saturated heterocycles. The van der Waals surface area contributed by atoms with E-state index in [1.54, 1.807) is 0 Å². The highest BCUT2D eigenvalue weighted by molar-refractivity contribution is 7.95. The molecule has 66 valence electrons. The molecule has 1 N–H and O–H groups in total. The van der Waals surface area contributed by atoms with Gasteiger partial charge in [-0.15, -0.1) is 0 Å². The lowest BCUT2D eigenvalue weighted by Crippen LogP contribution is -2.06. The second kappa shape index (κ2) is 4.35. The summed E-state index contributed by atoms with van der Waals surface area (Å²) in [5.74, 6) is 0. The van der Waals surface area contributed by atoms with E-state index in [4.69, 9.17) is 0 Å². The van der Waals surface area contributed by atoms with Crippen LogP contribution >= 0.6 is 12.2 Å². The van der Waals surface area contributed by atoms with Gasteiger partial charge in [0.2, 0.25) is 0 Å². The average Bonchev–Trinajstić information content (AvgIpc) is 2.06. The maximum Gasteiger partial charge on any atom is 0.141 e. The average molecular weight is 185 g/mol. The number of nitrogens with zero attached hydrogens (tertiary/aromatic N) is 1. The first kappa shape index (κ1) is 9.38. The molecule has 0 aliphatic rings. The molecule has 4 heteroatoms. The highest BCUT2D eigenvalue weighted by Gasteiger charge is 2.01. The standard InChI is InChI=1S/C8H11NO2S/c1-7-3-5-8(6-4-7)9(10)12-11-2/h3-6,10H,1-2H3. The van der Waals surface area contributed by atoms with Crippen LogP contribution in [-0.4, -0.2) is 12.3 Å². The van der Waals surface area contributed by atoms with Gasteiger partial charge < -0.3 is 0 Å². The molecule has 0 bridgehead atoms. The third-order valence-corrected chi connectivity index (χ3v) is 1.90. The molecule has 0 spiro atoms. The van der Waals surface area contributed by atoms with E-state index < -0.39 is 0 Å². The Kier molecular flexibility index (Phi) is 3.40. The van der Waals surface area contributed by atoms with E-state index in [1.165, 1.54) is 7.11 Å². The number of aryl methyl sites for hydroxylation is 1. The van der Waals surface area contributed by atoms with Crippen LogP contribution in [0.25, 0.3) is 0 Å². The Labute approximate surface area is 76.3 Å². The fraction of sp³-hybridized carbons (Fsp3) is 0.250. The summed E-state index contributed by atoms with van der Waals surface area (Å²) in [4.78, 5) is 0. The molecule has 1 aromatic rings. The van der Waals surface area contributed by atoms with Crippen molar-refractivity contribution in [1.29, 1.82) is 0 Å². The Balaban J connectivity index is 2.68. The highest BCUT2D eigenvalue weighted by atomic mass is 32.2. The van der Waals surface area contributed by atoms with Gasteiger partial charge in [-0.1, -0.05) is 17.7 Å². The van der Waals surface area contributed by atoms with Gasteiger partial charge in [0.15, 0.2) is 0 Å². The van der Waals surface area contributed by atoms with Gasteiger partial charge in [0.05, 0.1) is 12.8 Å². The van der Waals surface area contributed by atoms with E-state index in [-0.39, 0.29) is 0 Å². The smallest absolute Gasteiger partial charge is 0.141 e. The van der Waals surface area contributed by atoms with Gasteiger partial charge in [-0.2, -0.15) is 4.47 Å². The maximum absolute atomic E-state index is 9.28. The van der Waals surface area contributed by atoms with Crippen LogP contribution in [0.1, 0.15) is 5.56 Å². The summed E-state index contributed by atoms with van der Waals surface area (Å²) in [6.07, 6.45) is 0. The summed E-state index contributed by atoms with van der Waals surface area (Å²) in [6.45, 7) is 1.99. The Morgan fingerprint density at radius 1 is 1.33 bits per heavy atom. The third-order valence-electron chi connectivity index (χ3n) is 1.40. The molecule has 0 aromatic heterocycles. The highest BCUT2D eigenvalue weighted by Crippen LogP contribution is 2.19. The number of hydrogen-bond acceptors (Lipinski definition) is 4. The van der Waals surface area contributed by atoms with Crippen molar-refractivity contribution in [2.45, 2.75) is 6.92 Å². The van der Waals surface area contributed by atoms with Gasteiger partial charge in [0.1, 0.15) is 12.2 Å². The predicted octanol–water partition coefficient (Wildman–Crippen LogP) is 2.40. The Hall–Kier alpha value is -0.710. The lowest BCUT2D eigenvalue weighted by Gasteiger charge is -2.12. The van der Waals surface area contributed by atoms with Gasteiger partial charge in [0, 0.05) is 0 Å². The van der Waals surface area contributed by atoms with Gasteiger partial charge >= 0.3 is 0 Å². The van der Waals surface area contributed by atoms with Crippen LogP contribution in [0.3, 0.4) is 0 Å². The molecular formula is C8H11NO2S. The summed E-state index contributed by atoms with van der Waals surface area (Å²) in [7, 11) is 1.50. The summed E-state index contributed by atoms with van der Waals surface area (Å²) < 4.78 is 5.65. The molecule has 0 heterocycles. The topological polar surface area (TPSA) is 32.7 Å². The second-order valence-corrected chi connectivity index (χ2v) is 3.18. The minimum absolute atomic E-state index is 0.701. The predicted molar refractivity (Wildman–Crippen MR) is 50.0 cm³/mol. The zero-order valence-corrected chi connectivity index (χ0v) is 7.84. The minimum Gasteiger partial charge on any atom is -0.298 e. The molecule has 1 aromatic carbocycles. The molecule has 0 fully saturated rings. The molecular weight excluding hydrogens is 174 g/mol. The SMILES string of the molecule is COSN(O)c1ccc(C)cc1. The van der Waals surface area contributed by atoms with Gasteiger partial charge in [-0.05, 0) is 19.1 Å².